The maximum atomic E-state index is 10.8. The summed E-state index contributed by atoms with van der Waals surface area (Å²) in [5.74, 6) is 1.37. The van der Waals surface area contributed by atoms with E-state index in [1.165, 1.54) is 38.8 Å². The van der Waals surface area contributed by atoms with Crippen LogP contribution in [0.3, 0.4) is 0 Å². The van der Waals surface area contributed by atoms with Crippen LogP contribution in [0.1, 0.15) is 43.0 Å². The van der Waals surface area contributed by atoms with E-state index in [-0.39, 0.29) is 0 Å². The summed E-state index contributed by atoms with van der Waals surface area (Å²) in [7, 11) is 0. The molecule has 116 valence electrons. The van der Waals surface area contributed by atoms with Gasteiger partial charge in [0.25, 0.3) is 0 Å². The maximum Gasteiger partial charge on any atom is 0.161 e. The Morgan fingerprint density at radius 1 is 1.10 bits per heavy atom. The zero-order chi connectivity index (χ0) is 14.9. The number of nitrogens with zero attached hydrogens (tertiary/aromatic N) is 1. The number of aldehydes is 1. The fourth-order valence-corrected chi connectivity index (χ4v) is 2.63. The molecule has 0 N–H and O–H groups in total. The average Bonchev–Trinajstić information content (AvgIpc) is 2.78. The van der Waals surface area contributed by atoms with Crippen molar-refractivity contribution in [1.82, 2.24) is 4.90 Å². The van der Waals surface area contributed by atoms with Crippen LogP contribution in [-0.2, 0) is 0 Å². The summed E-state index contributed by atoms with van der Waals surface area (Å²) in [5.41, 5.74) is 0.610. The molecule has 0 unspecified atom stereocenters. The van der Waals surface area contributed by atoms with E-state index in [0.717, 1.165) is 18.6 Å². The van der Waals surface area contributed by atoms with E-state index >= 15 is 0 Å². The van der Waals surface area contributed by atoms with E-state index in [1.807, 2.05) is 13.0 Å². The van der Waals surface area contributed by atoms with Gasteiger partial charge in [-0.25, -0.2) is 0 Å². The number of benzene rings is 1. The number of carbonyl (C=O) groups is 1. The predicted molar refractivity (Wildman–Crippen MR) is 83.4 cm³/mol. The Kier molecular flexibility index (Phi) is 6.54. The van der Waals surface area contributed by atoms with Crippen molar-refractivity contribution in [2.24, 2.45) is 0 Å². The van der Waals surface area contributed by atoms with Crippen molar-refractivity contribution < 1.29 is 14.3 Å². The standard InChI is InChI=1S/C17H25NO3/c1-2-20-17-13-15(14-19)7-8-16(17)21-12-11-18-9-5-3-4-6-10-18/h7-8,13-14H,2-6,9-12H2,1H3. The van der Waals surface area contributed by atoms with Gasteiger partial charge in [-0.1, -0.05) is 12.8 Å². The van der Waals surface area contributed by atoms with Crippen molar-refractivity contribution in [1.29, 1.82) is 0 Å². The molecular formula is C17H25NO3. The molecule has 0 aliphatic carbocycles. The van der Waals surface area contributed by atoms with E-state index in [1.54, 1.807) is 12.1 Å². The van der Waals surface area contributed by atoms with Crippen molar-refractivity contribution in [2.45, 2.75) is 32.6 Å². The lowest BCUT2D eigenvalue weighted by Gasteiger charge is -2.20. The van der Waals surface area contributed by atoms with Gasteiger partial charge in [-0.15, -0.1) is 0 Å². The highest BCUT2D eigenvalue weighted by Gasteiger charge is 2.10. The monoisotopic (exact) mass is 291 g/mol. The molecule has 1 fully saturated rings. The fourth-order valence-electron chi connectivity index (χ4n) is 2.63. The minimum absolute atomic E-state index is 0.560. The van der Waals surface area contributed by atoms with E-state index < -0.39 is 0 Å². The van der Waals surface area contributed by atoms with Crippen LogP contribution in [0.25, 0.3) is 0 Å². The van der Waals surface area contributed by atoms with Crippen LogP contribution in [-0.4, -0.2) is 44.0 Å². The lowest BCUT2D eigenvalue weighted by Crippen LogP contribution is -2.29. The van der Waals surface area contributed by atoms with Crippen LogP contribution in [0.5, 0.6) is 11.5 Å². The molecule has 1 aliphatic rings. The molecule has 0 atom stereocenters. The Bertz CT molecular complexity index is 440. The smallest absolute Gasteiger partial charge is 0.161 e. The molecule has 21 heavy (non-hydrogen) atoms. The van der Waals surface area contributed by atoms with Crippen LogP contribution in [0, 0.1) is 0 Å². The number of hydrogen-bond donors (Lipinski definition) is 0. The number of ether oxygens (including phenoxy) is 2. The van der Waals surface area contributed by atoms with E-state index in [9.17, 15) is 4.79 Å². The van der Waals surface area contributed by atoms with Gasteiger partial charge in [0.1, 0.15) is 12.9 Å². The SMILES string of the molecule is CCOc1cc(C=O)ccc1OCCN1CCCCCC1. The summed E-state index contributed by atoms with van der Waals surface area (Å²) in [6, 6.07) is 5.31. The second-order valence-electron chi connectivity index (χ2n) is 5.36. The predicted octanol–water partition coefficient (Wildman–Crippen LogP) is 3.15. The van der Waals surface area contributed by atoms with E-state index in [2.05, 4.69) is 4.90 Å². The number of likely N-dealkylation sites (tertiary alicyclic amines) is 1. The molecule has 1 heterocycles. The molecule has 0 saturated carbocycles. The summed E-state index contributed by atoms with van der Waals surface area (Å²) in [6.07, 6.45) is 6.10. The lowest BCUT2D eigenvalue weighted by molar-refractivity contribution is 0.112. The van der Waals surface area contributed by atoms with Crippen LogP contribution in [0.4, 0.5) is 0 Å². The van der Waals surface area contributed by atoms with Crippen molar-refractivity contribution in [3.8, 4) is 11.5 Å². The highest BCUT2D eigenvalue weighted by Crippen LogP contribution is 2.28. The van der Waals surface area contributed by atoms with Crippen LogP contribution in [0.15, 0.2) is 18.2 Å². The minimum atomic E-state index is 0.560. The van der Waals surface area contributed by atoms with Gasteiger partial charge in [0.2, 0.25) is 0 Å². The minimum Gasteiger partial charge on any atom is -0.490 e. The molecule has 1 aromatic carbocycles. The Hall–Kier alpha value is -1.55. The molecule has 4 heteroatoms. The second-order valence-corrected chi connectivity index (χ2v) is 5.36. The molecule has 0 aromatic heterocycles. The highest BCUT2D eigenvalue weighted by molar-refractivity contribution is 5.76. The van der Waals surface area contributed by atoms with Crippen molar-refractivity contribution in [3.63, 3.8) is 0 Å². The average molecular weight is 291 g/mol. The van der Waals surface area contributed by atoms with Crippen molar-refractivity contribution in [2.75, 3.05) is 32.8 Å². The van der Waals surface area contributed by atoms with Gasteiger partial charge in [0.05, 0.1) is 6.61 Å². The molecular weight excluding hydrogens is 266 g/mol. The summed E-state index contributed by atoms with van der Waals surface area (Å²) in [5, 5.41) is 0. The van der Waals surface area contributed by atoms with Gasteiger partial charge in [0.15, 0.2) is 11.5 Å². The zero-order valence-corrected chi connectivity index (χ0v) is 12.8. The molecule has 0 bridgehead atoms. The number of carbonyl (C=O) groups excluding carboxylic acids is 1. The molecule has 1 aromatic rings. The van der Waals surface area contributed by atoms with Crippen LogP contribution in [0.2, 0.25) is 0 Å². The quantitative estimate of drug-likeness (QED) is 0.723. The van der Waals surface area contributed by atoms with Gasteiger partial charge in [-0.2, -0.15) is 0 Å². The molecule has 2 rings (SSSR count). The Labute approximate surface area is 127 Å². The fraction of sp³-hybridized carbons (Fsp3) is 0.588. The van der Waals surface area contributed by atoms with E-state index in [0.29, 0.717) is 24.5 Å². The number of rotatable bonds is 7. The first-order chi connectivity index (χ1) is 10.3. The van der Waals surface area contributed by atoms with Gasteiger partial charge >= 0.3 is 0 Å². The molecule has 0 radical (unpaired) electrons. The molecule has 0 amide bonds. The summed E-state index contributed by atoms with van der Waals surface area (Å²) >= 11 is 0. The first-order valence-electron chi connectivity index (χ1n) is 7.90. The third kappa shape index (κ3) is 5.05. The molecule has 0 spiro atoms. The maximum absolute atomic E-state index is 10.8. The molecule has 1 aliphatic heterocycles. The first-order valence-corrected chi connectivity index (χ1v) is 7.90. The molecule has 4 nitrogen and oxygen atoms in total. The Morgan fingerprint density at radius 2 is 1.86 bits per heavy atom. The van der Waals surface area contributed by atoms with Gasteiger partial charge in [0, 0.05) is 12.1 Å². The summed E-state index contributed by atoms with van der Waals surface area (Å²) < 4.78 is 11.4. The topological polar surface area (TPSA) is 38.8 Å². The lowest BCUT2D eigenvalue weighted by atomic mass is 10.2. The zero-order valence-electron chi connectivity index (χ0n) is 12.8. The van der Waals surface area contributed by atoms with Gasteiger partial charge in [-0.3, -0.25) is 9.69 Å². The van der Waals surface area contributed by atoms with Crippen LogP contribution < -0.4 is 9.47 Å². The van der Waals surface area contributed by atoms with E-state index in [4.69, 9.17) is 9.47 Å². The third-order valence-corrected chi connectivity index (χ3v) is 3.77. The van der Waals surface area contributed by atoms with Crippen molar-refractivity contribution in [3.05, 3.63) is 23.8 Å². The van der Waals surface area contributed by atoms with Crippen LogP contribution >= 0.6 is 0 Å². The van der Waals surface area contributed by atoms with Gasteiger partial charge < -0.3 is 9.47 Å². The molecule has 1 saturated heterocycles. The second kappa shape index (κ2) is 8.67. The third-order valence-electron chi connectivity index (χ3n) is 3.77. The van der Waals surface area contributed by atoms with Crippen molar-refractivity contribution >= 4 is 6.29 Å². The highest BCUT2D eigenvalue weighted by atomic mass is 16.5. The first kappa shape index (κ1) is 15.8. The Balaban J connectivity index is 1.87. The normalized spacial score (nSPS) is 16.2. The largest absolute Gasteiger partial charge is 0.490 e. The summed E-state index contributed by atoms with van der Waals surface area (Å²) in [4.78, 5) is 13.3. The van der Waals surface area contributed by atoms with Gasteiger partial charge in [-0.05, 0) is 51.1 Å². The Morgan fingerprint density at radius 3 is 2.52 bits per heavy atom. The summed E-state index contributed by atoms with van der Waals surface area (Å²) in [6.45, 7) is 6.43. The number of hydrogen-bond acceptors (Lipinski definition) is 4.